The molecule has 0 saturated carbocycles. The van der Waals surface area contributed by atoms with Gasteiger partial charge in [0.2, 0.25) is 5.91 Å². The summed E-state index contributed by atoms with van der Waals surface area (Å²) < 4.78 is 34.1. The van der Waals surface area contributed by atoms with Gasteiger partial charge in [-0.1, -0.05) is 171 Å². The highest BCUT2D eigenvalue weighted by Crippen LogP contribution is 2.33. The van der Waals surface area contributed by atoms with Crippen molar-refractivity contribution in [3.8, 4) is 0 Å². The van der Waals surface area contributed by atoms with Crippen LogP contribution in [0.4, 0.5) is 0 Å². The van der Waals surface area contributed by atoms with E-state index < -0.39 is 124 Å². The molecule has 3 fully saturated rings. The number of hydrogen-bond donors (Lipinski definition) is 12. The van der Waals surface area contributed by atoms with Gasteiger partial charge in [0.05, 0.1) is 38.6 Å². The van der Waals surface area contributed by atoms with Crippen LogP contribution in [0.2, 0.25) is 0 Å². The molecule has 19 nitrogen and oxygen atoms in total. The van der Waals surface area contributed by atoms with Crippen LogP contribution in [-0.2, 0) is 33.2 Å². The number of ether oxygens (including phenoxy) is 6. The Morgan fingerprint density at radius 2 is 0.885 bits per heavy atom. The topological polar surface area (TPSA) is 307 Å². The Hall–Kier alpha value is -2.51. The van der Waals surface area contributed by atoms with E-state index in [1.54, 1.807) is 6.08 Å². The third kappa shape index (κ3) is 26.2. The van der Waals surface area contributed by atoms with Gasteiger partial charge >= 0.3 is 0 Å². The molecular formula is C59H103NO18. The van der Waals surface area contributed by atoms with Crippen LogP contribution in [0.5, 0.6) is 0 Å². The van der Waals surface area contributed by atoms with Gasteiger partial charge in [0.25, 0.3) is 0 Å². The second-order valence-electron chi connectivity index (χ2n) is 21.1. The fraction of sp³-hybridized carbons (Fsp3) is 0.814. The van der Waals surface area contributed by atoms with E-state index in [1.807, 2.05) is 6.08 Å². The Balaban J connectivity index is 1.42. The molecule has 3 heterocycles. The summed E-state index contributed by atoms with van der Waals surface area (Å²) >= 11 is 0. The van der Waals surface area contributed by atoms with E-state index in [2.05, 4.69) is 67.8 Å². The number of allylic oxidation sites excluding steroid dienone is 9. The summed E-state index contributed by atoms with van der Waals surface area (Å²) in [6, 6.07) is -0.973. The van der Waals surface area contributed by atoms with Crippen molar-refractivity contribution >= 4 is 5.91 Å². The van der Waals surface area contributed by atoms with Gasteiger partial charge in [-0.25, -0.2) is 0 Å². The van der Waals surface area contributed by atoms with Crippen molar-refractivity contribution in [2.24, 2.45) is 0 Å². The maximum atomic E-state index is 13.3. The number of nitrogens with one attached hydrogen (secondary N) is 1. The van der Waals surface area contributed by atoms with Crippen LogP contribution in [0.3, 0.4) is 0 Å². The average molecular weight is 1110 g/mol. The minimum absolute atomic E-state index is 0.237. The summed E-state index contributed by atoms with van der Waals surface area (Å²) in [7, 11) is 0. The summed E-state index contributed by atoms with van der Waals surface area (Å²) in [5, 5.41) is 120. The Labute approximate surface area is 465 Å². The van der Waals surface area contributed by atoms with E-state index in [-0.39, 0.29) is 18.9 Å². The maximum absolute atomic E-state index is 13.3. The van der Waals surface area contributed by atoms with E-state index in [1.165, 1.54) is 64.2 Å². The minimum atomic E-state index is -1.98. The predicted octanol–water partition coefficient (Wildman–Crippen LogP) is 4.87. The number of carbonyl (C=O) groups is 1. The van der Waals surface area contributed by atoms with Crippen LogP contribution in [0.1, 0.15) is 174 Å². The van der Waals surface area contributed by atoms with Crippen LogP contribution in [-0.4, -0.2) is 193 Å². The summed E-state index contributed by atoms with van der Waals surface area (Å²) in [6.07, 6.45) is 20.9. The normalized spacial score (nSPS) is 30.9. The molecule has 0 spiro atoms. The summed E-state index contributed by atoms with van der Waals surface area (Å²) in [5.74, 6) is -0.285. The number of carbonyl (C=O) groups excluding carboxylic acids is 1. The van der Waals surface area contributed by atoms with Gasteiger partial charge in [0.15, 0.2) is 18.9 Å². The van der Waals surface area contributed by atoms with Crippen molar-refractivity contribution in [2.45, 2.75) is 279 Å². The first-order valence-electron chi connectivity index (χ1n) is 29.5. The molecule has 19 heteroatoms. The first-order valence-corrected chi connectivity index (χ1v) is 29.5. The molecule has 452 valence electrons. The highest BCUT2D eigenvalue weighted by atomic mass is 16.8. The van der Waals surface area contributed by atoms with E-state index >= 15 is 0 Å². The standard InChI is InChI=1S/C59H103NO18/c1-3-5-7-9-11-13-14-15-16-17-18-19-20-21-22-23-24-25-26-27-28-29-31-33-35-37-47(65)60-42(43(64)36-34-32-30-12-10-8-6-4-2)41-73-57-53(71)50(68)55(45(39-62)75-57)78-59-54(72)51(69)56(46(40-63)76-59)77-58-52(70)49(67)48(66)44(38-61)74-58/h5,7,11,13,15-16,18-19,34,36,42-46,48-59,61-64,66-72H,3-4,6,8-10,12,14,17,20-33,35,37-41H2,1-2H3,(H,60,65)/b7-5-,13-11-,16-15-,19-18-,36-34+. The second-order valence-corrected chi connectivity index (χ2v) is 21.1. The van der Waals surface area contributed by atoms with Gasteiger partial charge < -0.3 is 89.9 Å². The molecule has 78 heavy (non-hydrogen) atoms. The number of rotatable bonds is 42. The SMILES string of the molecule is CC/C=C\C/C=C\C/C=C\C/C=C\CCCCCCCCCCCCCCC(=O)NC(COC1OC(CO)C(OC2OC(CO)C(OC3OC(CO)C(O)C(O)C3O)C(O)C2O)C(O)C1O)C(O)/C=C/CCCCCCCC. The van der Waals surface area contributed by atoms with Crippen LogP contribution >= 0.6 is 0 Å². The molecule has 3 aliphatic rings. The van der Waals surface area contributed by atoms with Gasteiger partial charge in [-0.3, -0.25) is 4.79 Å². The quantitative estimate of drug-likeness (QED) is 0.0287. The monoisotopic (exact) mass is 1110 g/mol. The zero-order chi connectivity index (χ0) is 56.9. The fourth-order valence-electron chi connectivity index (χ4n) is 9.71. The summed E-state index contributed by atoms with van der Waals surface area (Å²) in [6.45, 7) is 1.53. The molecular weight excluding hydrogens is 1010 g/mol. The summed E-state index contributed by atoms with van der Waals surface area (Å²) in [4.78, 5) is 13.3. The predicted molar refractivity (Wildman–Crippen MR) is 295 cm³/mol. The molecule has 3 aliphatic heterocycles. The van der Waals surface area contributed by atoms with Crippen molar-refractivity contribution < 1.29 is 89.4 Å². The first kappa shape index (κ1) is 69.8. The van der Waals surface area contributed by atoms with E-state index in [9.17, 15) is 61.0 Å². The first-order chi connectivity index (χ1) is 37.8. The Morgan fingerprint density at radius 3 is 1.38 bits per heavy atom. The second kappa shape index (κ2) is 42.3. The lowest BCUT2D eigenvalue weighted by Crippen LogP contribution is -2.66. The lowest BCUT2D eigenvalue weighted by Gasteiger charge is -2.48. The van der Waals surface area contributed by atoms with E-state index in [0.717, 1.165) is 83.5 Å². The number of unbranched alkanes of at least 4 members (excludes halogenated alkanes) is 18. The third-order valence-electron chi connectivity index (χ3n) is 14.6. The van der Waals surface area contributed by atoms with E-state index in [4.69, 9.17) is 28.4 Å². The molecule has 0 aromatic rings. The van der Waals surface area contributed by atoms with Crippen molar-refractivity contribution in [3.05, 3.63) is 60.8 Å². The van der Waals surface area contributed by atoms with Crippen LogP contribution in [0, 0.1) is 0 Å². The molecule has 1 amide bonds. The largest absolute Gasteiger partial charge is 0.394 e. The number of hydrogen-bond acceptors (Lipinski definition) is 18. The molecule has 0 aromatic carbocycles. The van der Waals surface area contributed by atoms with Gasteiger partial charge in [-0.05, 0) is 57.8 Å². The Morgan fingerprint density at radius 1 is 0.474 bits per heavy atom. The molecule has 3 rings (SSSR count). The van der Waals surface area contributed by atoms with Crippen molar-refractivity contribution in [1.29, 1.82) is 0 Å². The molecule has 0 aliphatic carbocycles. The number of aliphatic hydroxyl groups excluding tert-OH is 11. The highest BCUT2D eigenvalue weighted by molar-refractivity contribution is 5.76. The number of amides is 1. The Kier molecular flexibility index (Phi) is 37.9. The zero-order valence-electron chi connectivity index (χ0n) is 46.9. The summed E-state index contributed by atoms with van der Waals surface area (Å²) in [5.41, 5.74) is 0. The smallest absolute Gasteiger partial charge is 0.220 e. The van der Waals surface area contributed by atoms with Crippen molar-refractivity contribution in [3.63, 3.8) is 0 Å². The van der Waals surface area contributed by atoms with Gasteiger partial charge in [0, 0.05) is 6.42 Å². The molecule has 12 N–H and O–H groups in total. The minimum Gasteiger partial charge on any atom is -0.394 e. The molecule has 0 aromatic heterocycles. The van der Waals surface area contributed by atoms with Crippen LogP contribution < -0.4 is 5.32 Å². The lowest BCUT2D eigenvalue weighted by atomic mass is 9.96. The van der Waals surface area contributed by atoms with Gasteiger partial charge in [-0.2, -0.15) is 0 Å². The average Bonchev–Trinajstić information content (AvgIpc) is 3.48. The Bertz CT molecular complexity index is 1660. The fourth-order valence-corrected chi connectivity index (χ4v) is 9.71. The number of aliphatic hydroxyl groups is 11. The molecule has 17 unspecified atom stereocenters. The highest BCUT2D eigenvalue weighted by Gasteiger charge is 2.53. The lowest BCUT2D eigenvalue weighted by molar-refractivity contribution is -0.379. The molecule has 0 bridgehead atoms. The zero-order valence-corrected chi connectivity index (χ0v) is 46.9. The van der Waals surface area contributed by atoms with Crippen LogP contribution in [0.25, 0.3) is 0 Å². The van der Waals surface area contributed by atoms with E-state index in [0.29, 0.717) is 6.42 Å². The maximum Gasteiger partial charge on any atom is 0.220 e. The van der Waals surface area contributed by atoms with Gasteiger partial charge in [0.1, 0.15) is 73.2 Å². The molecule has 3 saturated heterocycles. The van der Waals surface area contributed by atoms with Gasteiger partial charge in [-0.15, -0.1) is 0 Å². The third-order valence-corrected chi connectivity index (χ3v) is 14.6. The molecule has 17 atom stereocenters. The van der Waals surface area contributed by atoms with Crippen molar-refractivity contribution in [1.82, 2.24) is 5.32 Å². The van der Waals surface area contributed by atoms with Crippen LogP contribution in [0.15, 0.2) is 60.8 Å². The molecule has 0 radical (unpaired) electrons. The van der Waals surface area contributed by atoms with Crippen molar-refractivity contribution in [2.75, 3.05) is 26.4 Å².